The van der Waals surface area contributed by atoms with Crippen molar-refractivity contribution in [3.63, 3.8) is 0 Å². The summed E-state index contributed by atoms with van der Waals surface area (Å²) >= 11 is 0. The van der Waals surface area contributed by atoms with E-state index in [1.165, 1.54) is 19.1 Å². The van der Waals surface area contributed by atoms with Gasteiger partial charge in [-0.05, 0) is 43.5 Å². The number of ether oxygens (including phenoxy) is 1. The quantitative estimate of drug-likeness (QED) is 0.628. The van der Waals surface area contributed by atoms with Crippen molar-refractivity contribution in [2.75, 3.05) is 14.2 Å². The minimum atomic E-state index is -0.382. The normalized spacial score (nSPS) is 25.4. The van der Waals surface area contributed by atoms with E-state index in [0.29, 0.717) is 17.8 Å². The van der Waals surface area contributed by atoms with Crippen LogP contribution in [0.5, 0.6) is 5.75 Å². The summed E-state index contributed by atoms with van der Waals surface area (Å²) in [4.78, 5) is 13.1. The van der Waals surface area contributed by atoms with Crippen LogP contribution in [-0.4, -0.2) is 36.1 Å². The monoisotopic (exact) mass is 274 g/mol. The van der Waals surface area contributed by atoms with Crippen LogP contribution < -0.4 is 4.74 Å². The molecule has 2 aliphatic heterocycles. The molecule has 5 heteroatoms. The first kappa shape index (κ1) is 13.1. The van der Waals surface area contributed by atoms with E-state index in [-0.39, 0.29) is 10.6 Å². The summed E-state index contributed by atoms with van der Waals surface area (Å²) in [5.74, 6) is 0.313. The number of nitro benzene ring substituents is 1. The van der Waals surface area contributed by atoms with Crippen molar-refractivity contribution in [3.8, 4) is 5.75 Å². The number of likely N-dealkylation sites (N-methyl/N-ethyl adjacent to an activating group) is 1. The summed E-state index contributed by atoms with van der Waals surface area (Å²) < 4.78 is 5.06. The number of rotatable bonds is 3. The smallest absolute Gasteiger partial charge is 0.311 e. The van der Waals surface area contributed by atoms with E-state index in [1.807, 2.05) is 6.07 Å². The molecule has 0 radical (unpaired) electrons. The van der Waals surface area contributed by atoms with Crippen molar-refractivity contribution >= 4 is 11.3 Å². The van der Waals surface area contributed by atoms with Gasteiger partial charge in [0.25, 0.3) is 0 Å². The zero-order valence-corrected chi connectivity index (χ0v) is 11.7. The van der Waals surface area contributed by atoms with E-state index >= 15 is 0 Å². The molecule has 3 rings (SSSR count). The highest BCUT2D eigenvalue weighted by Crippen LogP contribution is 2.40. The van der Waals surface area contributed by atoms with Crippen LogP contribution in [0.3, 0.4) is 0 Å². The minimum Gasteiger partial charge on any atom is -0.490 e. The fraction of sp³-hybridized carbons (Fsp3) is 0.467. The third-order valence-corrected chi connectivity index (χ3v) is 4.52. The molecule has 5 nitrogen and oxygen atoms in total. The lowest BCUT2D eigenvalue weighted by Crippen LogP contribution is -2.35. The van der Waals surface area contributed by atoms with Gasteiger partial charge in [0.2, 0.25) is 0 Å². The minimum absolute atomic E-state index is 0.0358. The van der Waals surface area contributed by atoms with E-state index < -0.39 is 0 Å². The third-order valence-electron chi connectivity index (χ3n) is 4.52. The highest BCUT2D eigenvalue weighted by Gasteiger charge is 2.36. The van der Waals surface area contributed by atoms with Gasteiger partial charge >= 0.3 is 5.69 Å². The number of hydrogen-bond donors (Lipinski definition) is 0. The maximum absolute atomic E-state index is 11.1. The molecule has 1 saturated heterocycles. The molecule has 2 heterocycles. The zero-order valence-electron chi connectivity index (χ0n) is 11.7. The molecule has 2 unspecified atom stereocenters. The molecule has 2 atom stereocenters. The van der Waals surface area contributed by atoms with Crippen LogP contribution in [0.4, 0.5) is 5.69 Å². The SMILES string of the molecule is COc1ccc(C2=CCC3CCC2N3C)cc1[N+](=O)[O-]. The van der Waals surface area contributed by atoms with Crippen molar-refractivity contribution in [2.45, 2.75) is 31.3 Å². The van der Waals surface area contributed by atoms with Gasteiger partial charge in [-0.25, -0.2) is 0 Å². The first-order valence-electron chi connectivity index (χ1n) is 6.86. The summed E-state index contributed by atoms with van der Waals surface area (Å²) in [6.45, 7) is 0. The number of fused-ring (bicyclic) bond motifs is 2. The molecule has 0 saturated carbocycles. The summed E-state index contributed by atoms with van der Waals surface area (Å²) in [7, 11) is 3.60. The van der Waals surface area contributed by atoms with Crippen LogP contribution in [0.2, 0.25) is 0 Å². The molecule has 106 valence electrons. The van der Waals surface area contributed by atoms with Crippen molar-refractivity contribution < 1.29 is 9.66 Å². The number of nitrogens with zero attached hydrogens (tertiary/aromatic N) is 2. The molecule has 2 aliphatic rings. The Morgan fingerprint density at radius 2 is 2.20 bits per heavy atom. The highest BCUT2D eigenvalue weighted by molar-refractivity contribution is 5.74. The van der Waals surface area contributed by atoms with E-state index in [9.17, 15) is 10.1 Å². The van der Waals surface area contributed by atoms with Crippen LogP contribution in [0.15, 0.2) is 24.3 Å². The van der Waals surface area contributed by atoms with Crippen molar-refractivity contribution in [3.05, 3.63) is 40.0 Å². The second-order valence-electron chi connectivity index (χ2n) is 5.45. The molecule has 0 amide bonds. The standard InChI is InChI=1S/C15H18N2O3/c1-16-11-4-6-12(13(16)7-5-11)10-3-8-15(20-2)14(9-10)17(18)19/h3,6,8-9,11,13H,4-5,7H2,1-2H3. The second kappa shape index (κ2) is 4.90. The predicted molar refractivity (Wildman–Crippen MR) is 76.8 cm³/mol. The van der Waals surface area contributed by atoms with E-state index in [4.69, 9.17) is 4.74 Å². The van der Waals surface area contributed by atoms with Crippen molar-refractivity contribution in [1.82, 2.24) is 4.90 Å². The van der Waals surface area contributed by atoms with Gasteiger partial charge in [0.1, 0.15) is 0 Å². The number of benzene rings is 1. The molecule has 20 heavy (non-hydrogen) atoms. The molecule has 2 bridgehead atoms. The summed E-state index contributed by atoms with van der Waals surface area (Å²) in [6, 6.07) is 6.27. The Bertz CT molecular complexity index is 582. The van der Waals surface area contributed by atoms with Crippen LogP contribution >= 0.6 is 0 Å². The Morgan fingerprint density at radius 1 is 1.40 bits per heavy atom. The predicted octanol–water partition coefficient (Wildman–Crippen LogP) is 2.85. The molecule has 0 spiro atoms. The fourth-order valence-electron chi connectivity index (χ4n) is 3.39. The zero-order chi connectivity index (χ0) is 14.3. The number of methoxy groups -OCH3 is 1. The van der Waals surface area contributed by atoms with Gasteiger partial charge in [0.15, 0.2) is 5.75 Å². The van der Waals surface area contributed by atoms with E-state index in [0.717, 1.165) is 18.4 Å². The van der Waals surface area contributed by atoms with Gasteiger partial charge in [-0.3, -0.25) is 15.0 Å². The lowest BCUT2D eigenvalue weighted by molar-refractivity contribution is -0.385. The molecule has 0 aromatic heterocycles. The Labute approximate surface area is 118 Å². The van der Waals surface area contributed by atoms with Crippen molar-refractivity contribution in [1.29, 1.82) is 0 Å². The molecule has 1 fully saturated rings. The average molecular weight is 274 g/mol. The highest BCUT2D eigenvalue weighted by atomic mass is 16.6. The number of hydrogen-bond acceptors (Lipinski definition) is 4. The molecule has 1 aromatic rings. The topological polar surface area (TPSA) is 55.6 Å². The summed E-state index contributed by atoms with van der Waals surface area (Å²) in [5, 5.41) is 11.1. The first-order valence-corrected chi connectivity index (χ1v) is 6.86. The van der Waals surface area contributed by atoms with E-state index in [2.05, 4.69) is 18.0 Å². The Kier molecular flexibility index (Phi) is 3.22. The maximum atomic E-state index is 11.1. The largest absolute Gasteiger partial charge is 0.490 e. The summed E-state index contributed by atoms with van der Waals surface area (Å²) in [5.41, 5.74) is 2.19. The Balaban J connectivity index is 2.01. The van der Waals surface area contributed by atoms with Crippen LogP contribution in [0, 0.1) is 10.1 Å². The molecule has 0 N–H and O–H groups in total. The lowest BCUT2D eigenvalue weighted by atomic mass is 9.94. The third kappa shape index (κ3) is 1.98. The van der Waals surface area contributed by atoms with Crippen LogP contribution in [0.1, 0.15) is 24.8 Å². The van der Waals surface area contributed by atoms with Gasteiger partial charge in [0.05, 0.1) is 12.0 Å². The van der Waals surface area contributed by atoms with Crippen LogP contribution in [-0.2, 0) is 0 Å². The van der Waals surface area contributed by atoms with Crippen LogP contribution in [0.25, 0.3) is 5.57 Å². The maximum Gasteiger partial charge on any atom is 0.311 e. The van der Waals surface area contributed by atoms with Gasteiger partial charge in [0, 0.05) is 18.2 Å². The van der Waals surface area contributed by atoms with Gasteiger partial charge in [-0.15, -0.1) is 0 Å². The molecular formula is C15H18N2O3. The Hall–Kier alpha value is -1.88. The van der Waals surface area contributed by atoms with Gasteiger partial charge < -0.3 is 4.74 Å². The molecule has 1 aromatic carbocycles. The molecule has 0 aliphatic carbocycles. The summed E-state index contributed by atoms with van der Waals surface area (Å²) in [6.07, 6.45) is 5.61. The fourth-order valence-corrected chi connectivity index (χ4v) is 3.39. The Morgan fingerprint density at radius 3 is 2.90 bits per heavy atom. The van der Waals surface area contributed by atoms with Crippen molar-refractivity contribution in [2.24, 2.45) is 0 Å². The van der Waals surface area contributed by atoms with E-state index in [1.54, 1.807) is 12.1 Å². The number of nitro groups is 1. The average Bonchev–Trinajstić information content (AvgIpc) is 2.69. The first-order chi connectivity index (χ1) is 9.61. The lowest BCUT2D eigenvalue weighted by Gasteiger charge is -2.31. The van der Waals surface area contributed by atoms with Gasteiger partial charge in [-0.1, -0.05) is 12.1 Å². The van der Waals surface area contributed by atoms with Gasteiger partial charge in [-0.2, -0.15) is 0 Å². The molecular weight excluding hydrogens is 256 g/mol. The second-order valence-corrected chi connectivity index (χ2v) is 5.45.